The van der Waals surface area contributed by atoms with Gasteiger partial charge in [0, 0.05) is 16.8 Å². The number of rotatable bonds is 2. The number of pyridine rings is 1. The number of aromatic nitrogens is 1. The fourth-order valence-corrected chi connectivity index (χ4v) is 1.72. The number of carbonyl (C=O) groups excluding carboxylic acids is 1. The van der Waals surface area contributed by atoms with Crippen LogP contribution in [0.1, 0.15) is 16.1 Å². The topological polar surface area (TPSA) is 62.2 Å². The Bertz CT molecular complexity index is 675. The minimum absolute atomic E-state index is 0.254. The molecule has 0 unspecified atom stereocenters. The predicted molar refractivity (Wildman–Crippen MR) is 77.6 cm³/mol. The van der Waals surface area contributed by atoms with E-state index in [9.17, 15) is 4.79 Å². The Kier molecular flexibility index (Phi) is 4.72. The number of aliphatic hydroxyl groups is 1. The lowest BCUT2D eigenvalue weighted by Gasteiger charge is -2.07. The fraction of sp³-hybridized carbons (Fsp3) is 0.0667. The highest BCUT2D eigenvalue weighted by Gasteiger charge is 2.09. The molecular formula is C15H11ClN2O2. The van der Waals surface area contributed by atoms with Crippen molar-refractivity contribution in [3.63, 3.8) is 0 Å². The molecule has 20 heavy (non-hydrogen) atoms. The zero-order valence-electron chi connectivity index (χ0n) is 10.4. The number of hydrogen-bond donors (Lipinski definition) is 2. The van der Waals surface area contributed by atoms with E-state index < -0.39 is 0 Å². The molecule has 0 aliphatic heterocycles. The lowest BCUT2D eigenvalue weighted by Crippen LogP contribution is -2.14. The van der Waals surface area contributed by atoms with Gasteiger partial charge in [-0.25, -0.2) is 0 Å². The van der Waals surface area contributed by atoms with Gasteiger partial charge in [-0.15, -0.1) is 0 Å². The fourth-order valence-electron chi connectivity index (χ4n) is 1.55. The molecule has 2 aromatic rings. The summed E-state index contributed by atoms with van der Waals surface area (Å²) in [5.41, 5.74) is 1.36. The molecule has 1 amide bonds. The van der Waals surface area contributed by atoms with E-state index >= 15 is 0 Å². The van der Waals surface area contributed by atoms with E-state index in [4.69, 9.17) is 16.7 Å². The highest BCUT2D eigenvalue weighted by Crippen LogP contribution is 2.21. The van der Waals surface area contributed by atoms with Crippen molar-refractivity contribution < 1.29 is 9.90 Å². The third kappa shape index (κ3) is 3.58. The number of aliphatic hydroxyl groups excluding tert-OH is 1. The molecule has 0 saturated carbocycles. The van der Waals surface area contributed by atoms with Crippen LogP contribution in [0.15, 0.2) is 42.6 Å². The Labute approximate surface area is 121 Å². The number of halogens is 1. The average molecular weight is 287 g/mol. The molecule has 5 heteroatoms. The van der Waals surface area contributed by atoms with Crippen molar-refractivity contribution in [1.29, 1.82) is 0 Å². The van der Waals surface area contributed by atoms with Crippen LogP contribution in [0.25, 0.3) is 0 Å². The van der Waals surface area contributed by atoms with Crippen molar-refractivity contribution in [3.05, 3.63) is 58.9 Å². The Morgan fingerprint density at radius 2 is 2.20 bits per heavy atom. The molecule has 0 fully saturated rings. The van der Waals surface area contributed by atoms with Crippen LogP contribution in [0.5, 0.6) is 0 Å². The molecule has 0 bridgehead atoms. The molecule has 0 saturated heterocycles. The summed E-state index contributed by atoms with van der Waals surface area (Å²) in [6.45, 7) is -0.254. The molecule has 0 aliphatic carbocycles. The van der Waals surface area contributed by atoms with Gasteiger partial charge in [0.25, 0.3) is 5.91 Å². The molecule has 1 aromatic heterocycles. The van der Waals surface area contributed by atoms with Gasteiger partial charge in [-0.3, -0.25) is 9.78 Å². The minimum Gasteiger partial charge on any atom is -0.384 e. The monoisotopic (exact) mass is 286 g/mol. The van der Waals surface area contributed by atoms with E-state index in [1.807, 2.05) is 0 Å². The van der Waals surface area contributed by atoms with Crippen molar-refractivity contribution in [2.24, 2.45) is 0 Å². The van der Waals surface area contributed by atoms with E-state index in [-0.39, 0.29) is 12.5 Å². The molecule has 0 atom stereocenters. The molecule has 2 N–H and O–H groups in total. The molecule has 0 radical (unpaired) electrons. The van der Waals surface area contributed by atoms with Gasteiger partial charge in [-0.1, -0.05) is 29.5 Å². The normalized spacial score (nSPS) is 9.50. The molecule has 0 spiro atoms. The summed E-state index contributed by atoms with van der Waals surface area (Å²) in [7, 11) is 0. The molecule has 1 heterocycles. The largest absolute Gasteiger partial charge is 0.384 e. The van der Waals surface area contributed by atoms with Crippen LogP contribution in [-0.2, 0) is 0 Å². The Morgan fingerprint density at radius 1 is 1.35 bits per heavy atom. The quantitative estimate of drug-likeness (QED) is 0.833. The van der Waals surface area contributed by atoms with Crippen molar-refractivity contribution in [3.8, 4) is 11.8 Å². The van der Waals surface area contributed by atoms with Crippen LogP contribution in [0.4, 0.5) is 5.69 Å². The van der Waals surface area contributed by atoms with Gasteiger partial charge < -0.3 is 10.4 Å². The minimum atomic E-state index is -0.347. The molecular weight excluding hydrogens is 276 g/mol. The number of benzene rings is 1. The SMILES string of the molecule is O=C(Nc1cc(Cl)ccc1C#CCO)c1ccccn1. The summed E-state index contributed by atoms with van der Waals surface area (Å²) in [6, 6.07) is 10.0. The maximum absolute atomic E-state index is 12.0. The van der Waals surface area contributed by atoms with Crippen LogP contribution in [0.3, 0.4) is 0 Å². The summed E-state index contributed by atoms with van der Waals surface area (Å²) in [5.74, 6) is 4.94. The highest BCUT2D eigenvalue weighted by atomic mass is 35.5. The zero-order chi connectivity index (χ0) is 14.4. The van der Waals surface area contributed by atoms with Gasteiger partial charge in [0.15, 0.2) is 0 Å². The summed E-state index contributed by atoms with van der Waals surface area (Å²) in [5, 5.41) is 11.9. The number of carbonyl (C=O) groups is 1. The standard InChI is InChI=1S/C15H11ClN2O2/c16-12-7-6-11(4-3-9-19)14(10-12)18-15(20)13-5-1-2-8-17-13/h1-2,5-8,10,19H,9H2,(H,18,20). The summed E-state index contributed by atoms with van der Waals surface area (Å²) >= 11 is 5.92. The second kappa shape index (κ2) is 6.71. The molecule has 0 aliphatic rings. The first kappa shape index (κ1) is 14.1. The second-order valence-electron chi connectivity index (χ2n) is 3.82. The van der Waals surface area contributed by atoms with Crippen LogP contribution >= 0.6 is 11.6 Å². The van der Waals surface area contributed by atoms with E-state index in [0.29, 0.717) is 22.0 Å². The average Bonchev–Trinajstić information content (AvgIpc) is 2.47. The van der Waals surface area contributed by atoms with Crippen LogP contribution in [-0.4, -0.2) is 22.6 Å². The molecule has 4 nitrogen and oxygen atoms in total. The first-order valence-corrected chi connectivity index (χ1v) is 6.20. The van der Waals surface area contributed by atoms with Gasteiger partial charge in [-0.2, -0.15) is 0 Å². The summed E-state index contributed by atoms with van der Waals surface area (Å²) < 4.78 is 0. The number of anilines is 1. The molecule has 2 rings (SSSR count). The first-order valence-electron chi connectivity index (χ1n) is 5.82. The van der Waals surface area contributed by atoms with Gasteiger partial charge >= 0.3 is 0 Å². The van der Waals surface area contributed by atoms with E-state index in [2.05, 4.69) is 22.1 Å². The Balaban J connectivity index is 2.28. The maximum atomic E-state index is 12.0. The van der Waals surface area contributed by atoms with Crippen molar-refractivity contribution in [2.75, 3.05) is 11.9 Å². The third-order valence-corrected chi connectivity index (χ3v) is 2.66. The maximum Gasteiger partial charge on any atom is 0.274 e. The zero-order valence-corrected chi connectivity index (χ0v) is 11.2. The lowest BCUT2D eigenvalue weighted by atomic mass is 10.1. The number of hydrogen-bond acceptors (Lipinski definition) is 3. The van der Waals surface area contributed by atoms with Gasteiger partial charge in [-0.05, 0) is 30.3 Å². The Morgan fingerprint density at radius 3 is 2.90 bits per heavy atom. The second-order valence-corrected chi connectivity index (χ2v) is 4.26. The number of nitrogens with zero attached hydrogens (tertiary/aromatic N) is 1. The van der Waals surface area contributed by atoms with Crippen molar-refractivity contribution in [1.82, 2.24) is 4.98 Å². The van der Waals surface area contributed by atoms with Crippen LogP contribution < -0.4 is 5.32 Å². The van der Waals surface area contributed by atoms with Gasteiger partial charge in [0.2, 0.25) is 0 Å². The van der Waals surface area contributed by atoms with Gasteiger partial charge in [0.1, 0.15) is 12.3 Å². The summed E-state index contributed by atoms with van der Waals surface area (Å²) in [6.07, 6.45) is 1.54. The van der Waals surface area contributed by atoms with Gasteiger partial charge in [0.05, 0.1) is 5.69 Å². The van der Waals surface area contributed by atoms with Crippen LogP contribution in [0, 0.1) is 11.8 Å². The number of amides is 1. The van der Waals surface area contributed by atoms with Crippen LogP contribution in [0.2, 0.25) is 5.02 Å². The first-order chi connectivity index (χ1) is 9.70. The third-order valence-electron chi connectivity index (χ3n) is 2.43. The number of nitrogens with one attached hydrogen (secondary N) is 1. The van der Waals surface area contributed by atoms with E-state index in [1.54, 1.807) is 42.6 Å². The van der Waals surface area contributed by atoms with Crippen molar-refractivity contribution in [2.45, 2.75) is 0 Å². The highest BCUT2D eigenvalue weighted by molar-refractivity contribution is 6.31. The molecule has 100 valence electrons. The predicted octanol–water partition coefficient (Wildman–Crippen LogP) is 2.33. The Hall–Kier alpha value is -2.35. The smallest absolute Gasteiger partial charge is 0.274 e. The van der Waals surface area contributed by atoms with E-state index in [0.717, 1.165) is 0 Å². The van der Waals surface area contributed by atoms with E-state index in [1.165, 1.54) is 0 Å². The summed E-state index contributed by atoms with van der Waals surface area (Å²) in [4.78, 5) is 16.0. The molecule has 1 aromatic carbocycles. The van der Waals surface area contributed by atoms with Crippen molar-refractivity contribution >= 4 is 23.2 Å². The lowest BCUT2D eigenvalue weighted by molar-refractivity contribution is 0.102.